The number of allylic oxidation sites excluding steroid dienone is 5. The molecule has 1 fully saturated rings. The van der Waals surface area contributed by atoms with Gasteiger partial charge in [-0.2, -0.15) is 0 Å². The van der Waals surface area contributed by atoms with Crippen molar-refractivity contribution in [1.82, 2.24) is 15.0 Å². The summed E-state index contributed by atoms with van der Waals surface area (Å²) < 4.78 is 0. The van der Waals surface area contributed by atoms with E-state index < -0.39 is 0 Å². The van der Waals surface area contributed by atoms with E-state index in [2.05, 4.69) is 35.6 Å². The number of nitrogen functional groups attached to an aromatic ring is 1. The maximum atomic E-state index is 6.30. The molecule has 1 aromatic heterocycles. The van der Waals surface area contributed by atoms with Gasteiger partial charge >= 0.3 is 0 Å². The second-order valence-electron chi connectivity index (χ2n) is 7.70. The molecule has 0 aromatic carbocycles. The van der Waals surface area contributed by atoms with E-state index in [1.807, 2.05) is 19.1 Å². The molecule has 6 N–H and O–H groups in total. The smallest absolute Gasteiger partial charge is 0.152 e. The summed E-state index contributed by atoms with van der Waals surface area (Å²) >= 11 is 0. The summed E-state index contributed by atoms with van der Waals surface area (Å²) in [6.45, 7) is 9.90. The molecule has 0 saturated carbocycles. The van der Waals surface area contributed by atoms with Crippen LogP contribution in [0.3, 0.4) is 0 Å². The van der Waals surface area contributed by atoms with Crippen LogP contribution in [0.25, 0.3) is 5.57 Å². The minimum atomic E-state index is -0.103. The highest BCUT2D eigenvalue weighted by Crippen LogP contribution is 2.30. The number of nitrogens with two attached hydrogens (primary N) is 3. The highest BCUT2D eigenvalue weighted by atomic mass is 15.4. The number of aromatic nitrogens is 2. The molecule has 0 radical (unpaired) electrons. The number of hydrazine groups is 1. The van der Waals surface area contributed by atoms with E-state index >= 15 is 0 Å². The van der Waals surface area contributed by atoms with Crippen LogP contribution >= 0.6 is 0 Å². The summed E-state index contributed by atoms with van der Waals surface area (Å²) in [5.74, 6) is 6.94. The molecule has 7 heteroatoms. The number of nitrogens with zero attached hydrogens (tertiary/aromatic N) is 4. The molecule has 0 amide bonds. The first-order valence-corrected chi connectivity index (χ1v) is 9.31. The molecule has 2 heterocycles. The molecule has 27 heavy (non-hydrogen) atoms. The van der Waals surface area contributed by atoms with E-state index in [0.717, 1.165) is 48.5 Å². The third-order valence-corrected chi connectivity index (χ3v) is 4.87. The molecule has 1 aliphatic heterocycles. The van der Waals surface area contributed by atoms with Crippen LogP contribution in [0.5, 0.6) is 0 Å². The first kappa shape index (κ1) is 20.9. The second kappa shape index (κ2) is 8.54. The van der Waals surface area contributed by atoms with Gasteiger partial charge in [0.05, 0.1) is 6.20 Å². The monoisotopic (exact) mass is 371 g/mol. The minimum Gasteiger partial charge on any atom is -0.382 e. The van der Waals surface area contributed by atoms with Crippen molar-refractivity contribution in [3.05, 3.63) is 41.4 Å². The number of anilines is 2. The first-order chi connectivity index (χ1) is 12.6. The Labute approximate surface area is 162 Å². The summed E-state index contributed by atoms with van der Waals surface area (Å²) in [5.41, 5.74) is 16.2. The lowest BCUT2D eigenvalue weighted by atomic mass is 9.91. The van der Waals surface area contributed by atoms with Crippen molar-refractivity contribution in [2.45, 2.75) is 46.1 Å². The normalized spacial score (nSPS) is 17.3. The van der Waals surface area contributed by atoms with E-state index in [9.17, 15) is 0 Å². The fourth-order valence-corrected chi connectivity index (χ4v) is 3.14. The molecule has 2 rings (SSSR count). The van der Waals surface area contributed by atoms with Gasteiger partial charge in [-0.25, -0.2) is 15.8 Å². The van der Waals surface area contributed by atoms with Crippen LogP contribution < -0.4 is 22.2 Å². The summed E-state index contributed by atoms with van der Waals surface area (Å²) in [4.78, 5) is 11.5. The van der Waals surface area contributed by atoms with Crippen molar-refractivity contribution < 1.29 is 0 Å². The largest absolute Gasteiger partial charge is 0.382 e. The molecular formula is C20H33N7. The minimum absolute atomic E-state index is 0.103. The zero-order valence-electron chi connectivity index (χ0n) is 17.2. The third-order valence-electron chi connectivity index (χ3n) is 4.87. The van der Waals surface area contributed by atoms with Crippen LogP contribution in [0, 0.1) is 0 Å². The van der Waals surface area contributed by atoms with Crippen LogP contribution in [0.15, 0.2) is 35.7 Å². The van der Waals surface area contributed by atoms with E-state index in [1.165, 1.54) is 5.01 Å². The Bertz CT molecular complexity index is 746. The van der Waals surface area contributed by atoms with E-state index in [4.69, 9.17) is 17.3 Å². The van der Waals surface area contributed by atoms with Gasteiger partial charge in [0, 0.05) is 37.4 Å². The van der Waals surface area contributed by atoms with Gasteiger partial charge in [-0.05, 0) is 52.2 Å². The quantitative estimate of drug-likeness (QED) is 0.414. The average molecular weight is 372 g/mol. The Kier molecular flexibility index (Phi) is 6.62. The molecule has 7 nitrogen and oxygen atoms in total. The summed E-state index contributed by atoms with van der Waals surface area (Å²) in [6, 6.07) is 0. The Morgan fingerprint density at radius 1 is 1.30 bits per heavy atom. The van der Waals surface area contributed by atoms with Crippen molar-refractivity contribution in [3.63, 3.8) is 0 Å². The van der Waals surface area contributed by atoms with Crippen LogP contribution in [0.4, 0.5) is 11.6 Å². The molecule has 148 valence electrons. The van der Waals surface area contributed by atoms with Gasteiger partial charge in [0.25, 0.3) is 0 Å². The molecule has 1 saturated heterocycles. The highest BCUT2D eigenvalue weighted by Gasteiger charge is 2.27. The van der Waals surface area contributed by atoms with Gasteiger partial charge in [0.2, 0.25) is 0 Å². The Morgan fingerprint density at radius 3 is 2.41 bits per heavy atom. The lowest BCUT2D eigenvalue weighted by Crippen LogP contribution is -2.48. The molecule has 1 aromatic rings. The number of hydrogen-bond acceptors (Lipinski definition) is 7. The van der Waals surface area contributed by atoms with Gasteiger partial charge in [-0.15, -0.1) is 0 Å². The zero-order chi connectivity index (χ0) is 20.2. The van der Waals surface area contributed by atoms with Crippen molar-refractivity contribution in [3.8, 4) is 0 Å². The predicted molar refractivity (Wildman–Crippen MR) is 114 cm³/mol. The third kappa shape index (κ3) is 5.30. The highest BCUT2D eigenvalue weighted by molar-refractivity contribution is 5.84. The summed E-state index contributed by atoms with van der Waals surface area (Å²) in [7, 11) is 1.78. The first-order valence-electron chi connectivity index (χ1n) is 9.31. The molecule has 0 spiro atoms. The lowest BCUT2D eigenvalue weighted by molar-refractivity contribution is 0.363. The SMILES string of the molecule is CC=C(C(/C=C\N(C)N)=C(C)C)c1ncc(N2CCC(C)(N)CC2)nc1N. The van der Waals surface area contributed by atoms with Gasteiger partial charge in [0.1, 0.15) is 11.5 Å². The maximum Gasteiger partial charge on any atom is 0.152 e. The predicted octanol–water partition coefficient (Wildman–Crippen LogP) is 2.44. The van der Waals surface area contributed by atoms with E-state index in [1.54, 1.807) is 19.4 Å². The summed E-state index contributed by atoms with van der Waals surface area (Å²) in [6.07, 6.45) is 9.43. The van der Waals surface area contributed by atoms with Crippen LogP contribution in [0.2, 0.25) is 0 Å². The topological polar surface area (TPSA) is 110 Å². The Morgan fingerprint density at radius 2 is 1.93 bits per heavy atom. The van der Waals surface area contributed by atoms with Gasteiger partial charge in [-0.1, -0.05) is 11.6 Å². The van der Waals surface area contributed by atoms with Crippen LogP contribution in [0.1, 0.15) is 46.2 Å². The maximum absolute atomic E-state index is 6.30. The fourth-order valence-electron chi connectivity index (χ4n) is 3.14. The number of piperidine rings is 1. The van der Waals surface area contributed by atoms with Crippen molar-refractivity contribution in [2.24, 2.45) is 11.6 Å². The average Bonchev–Trinajstić information content (AvgIpc) is 2.58. The van der Waals surface area contributed by atoms with Crippen LogP contribution in [-0.2, 0) is 0 Å². The van der Waals surface area contributed by atoms with Crippen molar-refractivity contribution in [1.29, 1.82) is 0 Å². The van der Waals surface area contributed by atoms with Gasteiger partial charge in [-0.3, -0.25) is 0 Å². The second-order valence-corrected chi connectivity index (χ2v) is 7.70. The summed E-state index contributed by atoms with van der Waals surface area (Å²) in [5, 5.41) is 1.51. The molecule has 0 aliphatic carbocycles. The Hall–Kier alpha value is -2.38. The fraction of sp³-hybridized carbons (Fsp3) is 0.500. The van der Waals surface area contributed by atoms with E-state index in [0.29, 0.717) is 11.5 Å². The number of hydrogen-bond donors (Lipinski definition) is 3. The van der Waals surface area contributed by atoms with Gasteiger partial charge < -0.3 is 21.4 Å². The number of rotatable bonds is 5. The van der Waals surface area contributed by atoms with Gasteiger partial charge in [0.15, 0.2) is 5.82 Å². The lowest BCUT2D eigenvalue weighted by Gasteiger charge is -2.37. The Balaban J connectivity index is 2.31. The molecule has 0 atom stereocenters. The molecular weight excluding hydrogens is 338 g/mol. The van der Waals surface area contributed by atoms with E-state index in [-0.39, 0.29) is 5.54 Å². The molecule has 0 bridgehead atoms. The van der Waals surface area contributed by atoms with Crippen LogP contribution in [-0.4, -0.2) is 40.7 Å². The molecule has 1 aliphatic rings. The zero-order valence-corrected chi connectivity index (χ0v) is 17.2. The van der Waals surface area contributed by atoms with Crippen molar-refractivity contribution >= 4 is 17.2 Å². The van der Waals surface area contributed by atoms with Crippen molar-refractivity contribution in [2.75, 3.05) is 30.8 Å². The molecule has 0 unspecified atom stereocenters. The standard InChI is InChI=1S/C20H33N7/c1-6-15(16(14(2)3)7-10-26(5)23)18-19(21)25-17(13-24-18)27-11-8-20(4,22)9-12-27/h6-7,10,13H,8-9,11-12,22-23H2,1-5H3,(H2,21,25)/b10-7-,15-6?.